The first-order valence-electron chi connectivity index (χ1n) is 9.89. The van der Waals surface area contributed by atoms with Crippen LogP contribution < -0.4 is 0 Å². The lowest BCUT2D eigenvalue weighted by molar-refractivity contribution is 0.0716. The van der Waals surface area contributed by atoms with Gasteiger partial charge in [0.25, 0.3) is 5.91 Å². The van der Waals surface area contributed by atoms with Gasteiger partial charge in [0.15, 0.2) is 0 Å². The summed E-state index contributed by atoms with van der Waals surface area (Å²) in [6, 6.07) is 12.3. The van der Waals surface area contributed by atoms with Crippen LogP contribution in [0, 0.1) is 18.7 Å². The van der Waals surface area contributed by atoms with Crippen molar-refractivity contribution in [3.63, 3.8) is 0 Å². The highest BCUT2D eigenvalue weighted by atomic mass is 19.1. The molecular formula is C23H28FN3O. The summed E-state index contributed by atoms with van der Waals surface area (Å²) >= 11 is 0. The average molecular weight is 381 g/mol. The van der Waals surface area contributed by atoms with Gasteiger partial charge in [0, 0.05) is 24.7 Å². The van der Waals surface area contributed by atoms with E-state index in [0.717, 1.165) is 29.9 Å². The molecule has 0 saturated carbocycles. The third-order valence-electron chi connectivity index (χ3n) is 4.74. The van der Waals surface area contributed by atoms with Gasteiger partial charge in [-0.1, -0.05) is 38.5 Å². The number of aryl methyl sites for hydroxylation is 2. The van der Waals surface area contributed by atoms with Gasteiger partial charge >= 0.3 is 0 Å². The van der Waals surface area contributed by atoms with Gasteiger partial charge in [0.2, 0.25) is 0 Å². The van der Waals surface area contributed by atoms with E-state index in [0.29, 0.717) is 30.1 Å². The van der Waals surface area contributed by atoms with Crippen molar-refractivity contribution >= 4 is 16.9 Å². The van der Waals surface area contributed by atoms with Crippen LogP contribution in [-0.4, -0.2) is 26.9 Å². The summed E-state index contributed by atoms with van der Waals surface area (Å²) in [5.74, 6) is 0.823. The molecule has 0 bridgehead atoms. The second-order valence-electron chi connectivity index (χ2n) is 7.76. The molecule has 0 radical (unpaired) electrons. The van der Waals surface area contributed by atoms with E-state index in [4.69, 9.17) is 0 Å². The van der Waals surface area contributed by atoms with Gasteiger partial charge in [-0.05, 0) is 43.5 Å². The van der Waals surface area contributed by atoms with Gasteiger partial charge in [0.05, 0.1) is 17.6 Å². The Kier molecular flexibility index (Phi) is 6.12. The number of fused-ring (bicyclic) bond motifs is 1. The zero-order chi connectivity index (χ0) is 20.3. The van der Waals surface area contributed by atoms with Crippen LogP contribution in [-0.2, 0) is 13.1 Å². The number of hydrogen-bond donors (Lipinski definition) is 0. The number of hydrogen-bond acceptors (Lipinski definition) is 2. The molecule has 28 heavy (non-hydrogen) atoms. The molecule has 5 heteroatoms. The first kappa shape index (κ1) is 20.1. The molecule has 0 fully saturated rings. The second kappa shape index (κ2) is 8.55. The largest absolute Gasteiger partial charge is 0.331 e. The highest BCUT2D eigenvalue weighted by Crippen LogP contribution is 2.21. The summed E-state index contributed by atoms with van der Waals surface area (Å²) in [5.41, 5.74) is 3.34. The van der Waals surface area contributed by atoms with Crippen LogP contribution >= 0.6 is 0 Å². The standard InChI is InChI=1S/C23H28FN3O/c1-5-12-27-21-11-10-19(24)13-20(21)25-22(27)15-26(14-16(2)3)23(28)18-8-6-17(4)7-9-18/h6-11,13,16H,5,12,14-15H2,1-4H3. The predicted octanol–water partition coefficient (Wildman–Crippen LogP) is 5.19. The molecule has 0 aliphatic rings. The molecule has 0 saturated heterocycles. The van der Waals surface area contributed by atoms with E-state index in [1.165, 1.54) is 12.1 Å². The van der Waals surface area contributed by atoms with Gasteiger partial charge in [-0.15, -0.1) is 0 Å². The van der Waals surface area contributed by atoms with Crippen LogP contribution in [0.15, 0.2) is 42.5 Å². The number of aromatic nitrogens is 2. The number of carbonyl (C=O) groups is 1. The fourth-order valence-corrected chi connectivity index (χ4v) is 3.46. The van der Waals surface area contributed by atoms with Crippen LogP contribution in [0.1, 0.15) is 48.9 Å². The van der Waals surface area contributed by atoms with Crippen molar-refractivity contribution in [2.45, 2.75) is 47.2 Å². The minimum atomic E-state index is -0.296. The molecule has 1 heterocycles. The minimum absolute atomic E-state index is 0.00464. The minimum Gasteiger partial charge on any atom is -0.331 e. The molecule has 148 valence electrons. The molecule has 0 unspecified atom stereocenters. The molecule has 3 aromatic rings. The van der Waals surface area contributed by atoms with E-state index >= 15 is 0 Å². The molecule has 0 spiro atoms. The van der Waals surface area contributed by atoms with Crippen LogP contribution in [0.3, 0.4) is 0 Å². The van der Waals surface area contributed by atoms with Crippen molar-refractivity contribution in [3.05, 3.63) is 65.2 Å². The van der Waals surface area contributed by atoms with Gasteiger partial charge in [0.1, 0.15) is 11.6 Å². The summed E-state index contributed by atoms with van der Waals surface area (Å²) < 4.78 is 15.8. The van der Waals surface area contributed by atoms with Crippen molar-refractivity contribution in [2.24, 2.45) is 5.92 Å². The van der Waals surface area contributed by atoms with Crippen molar-refractivity contribution in [3.8, 4) is 0 Å². The number of carbonyl (C=O) groups excluding carboxylic acids is 1. The van der Waals surface area contributed by atoms with Crippen molar-refractivity contribution in [1.82, 2.24) is 14.5 Å². The Morgan fingerprint density at radius 2 is 1.89 bits per heavy atom. The maximum Gasteiger partial charge on any atom is 0.254 e. The van der Waals surface area contributed by atoms with Gasteiger partial charge < -0.3 is 9.47 Å². The number of halogens is 1. The second-order valence-corrected chi connectivity index (χ2v) is 7.76. The number of benzene rings is 2. The first-order chi connectivity index (χ1) is 13.4. The molecule has 4 nitrogen and oxygen atoms in total. The Labute approximate surface area is 166 Å². The zero-order valence-electron chi connectivity index (χ0n) is 17.1. The van der Waals surface area contributed by atoms with E-state index < -0.39 is 0 Å². The molecule has 1 aromatic heterocycles. The lowest BCUT2D eigenvalue weighted by atomic mass is 10.1. The fraction of sp³-hybridized carbons (Fsp3) is 0.391. The van der Waals surface area contributed by atoms with E-state index in [1.807, 2.05) is 36.1 Å². The monoisotopic (exact) mass is 381 g/mol. The highest BCUT2D eigenvalue weighted by molar-refractivity contribution is 5.94. The van der Waals surface area contributed by atoms with Crippen LogP contribution in [0.5, 0.6) is 0 Å². The zero-order valence-corrected chi connectivity index (χ0v) is 17.1. The Hall–Kier alpha value is -2.69. The quantitative estimate of drug-likeness (QED) is 0.565. The van der Waals surface area contributed by atoms with Crippen LogP contribution in [0.25, 0.3) is 11.0 Å². The molecule has 3 rings (SSSR count). The number of imidazole rings is 1. The Morgan fingerprint density at radius 3 is 2.54 bits per heavy atom. The van der Waals surface area contributed by atoms with Crippen molar-refractivity contribution in [2.75, 3.05) is 6.54 Å². The molecule has 0 aliphatic heterocycles. The first-order valence-corrected chi connectivity index (χ1v) is 9.89. The summed E-state index contributed by atoms with van der Waals surface area (Å²) in [7, 11) is 0. The van der Waals surface area contributed by atoms with E-state index in [2.05, 4.69) is 30.3 Å². The smallest absolute Gasteiger partial charge is 0.254 e. The summed E-state index contributed by atoms with van der Waals surface area (Å²) in [5, 5.41) is 0. The summed E-state index contributed by atoms with van der Waals surface area (Å²) in [6.07, 6.45) is 0.936. The highest BCUT2D eigenvalue weighted by Gasteiger charge is 2.21. The lowest BCUT2D eigenvalue weighted by Crippen LogP contribution is -2.34. The molecular weight excluding hydrogens is 353 g/mol. The number of amides is 1. The van der Waals surface area contributed by atoms with Crippen molar-refractivity contribution in [1.29, 1.82) is 0 Å². The Bertz CT molecular complexity index is 960. The number of nitrogens with zero attached hydrogens (tertiary/aromatic N) is 3. The summed E-state index contributed by atoms with van der Waals surface area (Å²) in [4.78, 5) is 19.7. The lowest BCUT2D eigenvalue weighted by Gasteiger charge is -2.25. The maximum absolute atomic E-state index is 13.7. The van der Waals surface area contributed by atoms with Crippen LogP contribution in [0.4, 0.5) is 4.39 Å². The molecule has 2 aromatic carbocycles. The van der Waals surface area contributed by atoms with E-state index in [1.54, 1.807) is 6.07 Å². The van der Waals surface area contributed by atoms with E-state index in [-0.39, 0.29) is 11.7 Å². The third-order valence-corrected chi connectivity index (χ3v) is 4.74. The van der Waals surface area contributed by atoms with Gasteiger partial charge in [-0.2, -0.15) is 0 Å². The molecule has 0 atom stereocenters. The fourth-order valence-electron chi connectivity index (χ4n) is 3.46. The topological polar surface area (TPSA) is 38.1 Å². The normalized spacial score (nSPS) is 11.4. The molecule has 0 N–H and O–H groups in total. The number of rotatable bonds is 7. The predicted molar refractivity (Wildman–Crippen MR) is 111 cm³/mol. The Morgan fingerprint density at radius 1 is 1.18 bits per heavy atom. The average Bonchev–Trinajstić information content (AvgIpc) is 2.97. The Balaban J connectivity index is 1.97. The van der Waals surface area contributed by atoms with Gasteiger partial charge in [-0.3, -0.25) is 4.79 Å². The van der Waals surface area contributed by atoms with Crippen molar-refractivity contribution < 1.29 is 9.18 Å². The SMILES string of the molecule is CCCn1c(CN(CC(C)C)C(=O)c2ccc(C)cc2)nc2cc(F)ccc21. The van der Waals surface area contributed by atoms with Gasteiger partial charge in [-0.25, -0.2) is 9.37 Å². The maximum atomic E-state index is 13.7. The molecule has 1 amide bonds. The third kappa shape index (κ3) is 4.41. The van der Waals surface area contributed by atoms with E-state index in [9.17, 15) is 9.18 Å². The van der Waals surface area contributed by atoms with Crippen LogP contribution in [0.2, 0.25) is 0 Å². The summed E-state index contributed by atoms with van der Waals surface area (Å²) in [6.45, 7) is 10.1. The molecule has 0 aliphatic carbocycles.